The minimum Gasteiger partial charge on any atom is -0.378 e. The summed E-state index contributed by atoms with van der Waals surface area (Å²) in [6.45, 7) is 1.59. The summed E-state index contributed by atoms with van der Waals surface area (Å²) in [5, 5.41) is 8.85. The van der Waals surface area contributed by atoms with Crippen LogP contribution >= 0.6 is 0 Å². The van der Waals surface area contributed by atoms with Gasteiger partial charge in [-0.25, -0.2) is 8.78 Å². The summed E-state index contributed by atoms with van der Waals surface area (Å²) in [6.07, 6.45) is 1.55. The van der Waals surface area contributed by atoms with Gasteiger partial charge in [0.05, 0.1) is 5.69 Å². The zero-order valence-corrected chi connectivity index (χ0v) is 14.1. The molecule has 0 fully saturated rings. The Morgan fingerprint density at radius 1 is 1.24 bits per heavy atom. The van der Waals surface area contributed by atoms with Crippen LogP contribution in [0.15, 0.2) is 24.4 Å². The molecule has 0 atom stereocenters. The van der Waals surface area contributed by atoms with E-state index in [9.17, 15) is 8.78 Å². The van der Waals surface area contributed by atoms with Gasteiger partial charge in [0.2, 0.25) is 0 Å². The van der Waals surface area contributed by atoms with Crippen LogP contribution in [0.4, 0.5) is 14.5 Å². The molecule has 0 saturated carbocycles. The second-order valence-corrected chi connectivity index (χ2v) is 4.64. The predicted octanol–water partition coefficient (Wildman–Crippen LogP) is 3.27. The Hall–Kier alpha value is -1.83. The fraction of sp³-hybridized carbons (Fsp3) is 0.200. The third-order valence-corrected chi connectivity index (χ3v) is 3.04. The molecule has 1 aromatic heterocycles. The number of pyridine rings is 1. The maximum Gasteiger partial charge on any atom is 0.153 e. The van der Waals surface area contributed by atoms with E-state index in [2.05, 4.69) is 4.98 Å². The zero-order valence-electron chi connectivity index (χ0n) is 11.7. The largest absolute Gasteiger partial charge is 0.378 e. The van der Waals surface area contributed by atoms with Crippen LogP contribution in [0.3, 0.4) is 0 Å². The van der Waals surface area contributed by atoms with Crippen LogP contribution in [0.5, 0.6) is 0 Å². The molecule has 0 bridgehead atoms. The number of aryl methyl sites for hydroxylation is 1. The Balaban J connectivity index is 0.00000220. The summed E-state index contributed by atoms with van der Waals surface area (Å²) in [4.78, 5) is 5.97. The number of benzene rings is 1. The predicted molar refractivity (Wildman–Crippen MR) is 73.4 cm³/mol. The molecule has 6 heteroatoms. The molecule has 1 heterocycles. The molecular weight excluding hydrogens is 452 g/mol. The van der Waals surface area contributed by atoms with Gasteiger partial charge >= 0.3 is 0 Å². The van der Waals surface area contributed by atoms with E-state index in [0.29, 0.717) is 11.3 Å². The van der Waals surface area contributed by atoms with Crippen molar-refractivity contribution in [3.63, 3.8) is 0 Å². The Morgan fingerprint density at radius 2 is 1.90 bits per heavy atom. The zero-order chi connectivity index (χ0) is 14.9. The summed E-state index contributed by atoms with van der Waals surface area (Å²) in [6, 6.07) is 6.19. The van der Waals surface area contributed by atoms with E-state index in [1.165, 1.54) is 0 Å². The van der Waals surface area contributed by atoms with Crippen LogP contribution in [-0.4, -0.2) is 19.1 Å². The van der Waals surface area contributed by atoms with E-state index in [0.717, 1.165) is 11.8 Å². The van der Waals surface area contributed by atoms with Crippen molar-refractivity contribution in [1.29, 1.82) is 5.26 Å². The molecule has 1 aromatic carbocycles. The van der Waals surface area contributed by atoms with Crippen molar-refractivity contribution >= 4 is 5.69 Å². The number of nitrogens with zero attached hydrogens (tertiary/aromatic N) is 3. The monoisotopic (exact) mass is 466 g/mol. The SMILES string of the molecule is Cc1cc(F)c(C#N)c(F)c1-c1cc(N(C)C)ccn1.[Ir]. The van der Waals surface area contributed by atoms with Gasteiger partial charge in [0, 0.05) is 51.6 Å². The van der Waals surface area contributed by atoms with Gasteiger partial charge in [-0.3, -0.25) is 4.98 Å². The van der Waals surface area contributed by atoms with E-state index in [1.54, 1.807) is 31.3 Å². The van der Waals surface area contributed by atoms with Crippen LogP contribution in [0.25, 0.3) is 11.3 Å². The molecule has 0 aliphatic carbocycles. The summed E-state index contributed by atoms with van der Waals surface area (Å²) in [5.74, 6) is -1.72. The first-order valence-corrected chi connectivity index (χ1v) is 5.98. The average molecular weight is 466 g/mol. The fourth-order valence-electron chi connectivity index (χ4n) is 1.99. The molecule has 2 rings (SSSR count). The smallest absolute Gasteiger partial charge is 0.153 e. The Morgan fingerprint density at radius 3 is 2.48 bits per heavy atom. The first-order valence-electron chi connectivity index (χ1n) is 5.98. The van der Waals surface area contributed by atoms with Crippen molar-refractivity contribution in [2.75, 3.05) is 19.0 Å². The number of anilines is 1. The van der Waals surface area contributed by atoms with Crippen LogP contribution in [0.1, 0.15) is 11.1 Å². The quantitative estimate of drug-likeness (QED) is 0.684. The van der Waals surface area contributed by atoms with Crippen molar-refractivity contribution in [2.24, 2.45) is 0 Å². The van der Waals surface area contributed by atoms with E-state index in [-0.39, 0.29) is 25.7 Å². The molecular formula is C15H13F2IrN3. The topological polar surface area (TPSA) is 39.9 Å². The first kappa shape index (κ1) is 17.2. The number of halogens is 2. The average Bonchev–Trinajstić information content (AvgIpc) is 2.39. The molecule has 1 radical (unpaired) electrons. The van der Waals surface area contributed by atoms with Gasteiger partial charge in [-0.1, -0.05) is 0 Å². The molecule has 0 amide bonds. The molecule has 0 spiro atoms. The van der Waals surface area contributed by atoms with Gasteiger partial charge in [0.15, 0.2) is 5.82 Å². The molecule has 0 aliphatic heterocycles. The summed E-state index contributed by atoms with van der Waals surface area (Å²) in [7, 11) is 3.71. The summed E-state index contributed by atoms with van der Waals surface area (Å²) in [5.41, 5.74) is 1.20. The van der Waals surface area contributed by atoms with Crippen molar-refractivity contribution < 1.29 is 28.9 Å². The minimum absolute atomic E-state index is 0. The first-order chi connectivity index (χ1) is 9.45. The number of hydrogen-bond donors (Lipinski definition) is 0. The van der Waals surface area contributed by atoms with Crippen molar-refractivity contribution in [3.8, 4) is 17.3 Å². The van der Waals surface area contributed by atoms with E-state index < -0.39 is 17.2 Å². The van der Waals surface area contributed by atoms with E-state index in [1.807, 2.05) is 19.0 Å². The summed E-state index contributed by atoms with van der Waals surface area (Å²) < 4.78 is 27.8. The fourth-order valence-corrected chi connectivity index (χ4v) is 1.99. The van der Waals surface area contributed by atoms with Crippen LogP contribution in [0.2, 0.25) is 0 Å². The van der Waals surface area contributed by atoms with E-state index >= 15 is 0 Å². The second kappa shape index (κ2) is 6.75. The van der Waals surface area contributed by atoms with Crippen LogP contribution in [0, 0.1) is 29.9 Å². The maximum absolute atomic E-state index is 14.3. The number of aromatic nitrogens is 1. The minimum atomic E-state index is -0.867. The van der Waals surface area contributed by atoms with Crippen LogP contribution in [-0.2, 0) is 20.1 Å². The number of rotatable bonds is 2. The van der Waals surface area contributed by atoms with Gasteiger partial charge in [-0.2, -0.15) is 5.26 Å². The van der Waals surface area contributed by atoms with Gasteiger partial charge in [-0.15, -0.1) is 0 Å². The molecule has 0 saturated heterocycles. The standard InChI is InChI=1S/C15H13F2N3.Ir/c1-9-6-12(16)11(8-18)15(17)14(9)13-7-10(20(2)3)4-5-19-13;/h4-7H,1-3H3;. The summed E-state index contributed by atoms with van der Waals surface area (Å²) >= 11 is 0. The normalized spacial score (nSPS) is 9.71. The maximum atomic E-state index is 14.3. The van der Waals surface area contributed by atoms with Crippen molar-refractivity contribution in [3.05, 3.63) is 47.2 Å². The van der Waals surface area contributed by atoms with Crippen molar-refractivity contribution in [2.45, 2.75) is 6.92 Å². The number of hydrogen-bond acceptors (Lipinski definition) is 3. The van der Waals surface area contributed by atoms with Gasteiger partial charge < -0.3 is 4.90 Å². The molecule has 0 N–H and O–H groups in total. The Labute approximate surface area is 135 Å². The Kier molecular flexibility index (Phi) is 5.54. The number of nitriles is 1. The molecule has 3 nitrogen and oxygen atoms in total. The molecule has 0 unspecified atom stereocenters. The third kappa shape index (κ3) is 3.26. The third-order valence-electron chi connectivity index (χ3n) is 3.04. The van der Waals surface area contributed by atoms with Gasteiger partial charge in [0.25, 0.3) is 0 Å². The van der Waals surface area contributed by atoms with Crippen molar-refractivity contribution in [1.82, 2.24) is 4.98 Å². The second-order valence-electron chi connectivity index (χ2n) is 4.64. The van der Waals surface area contributed by atoms with Gasteiger partial charge in [0.1, 0.15) is 17.4 Å². The van der Waals surface area contributed by atoms with E-state index in [4.69, 9.17) is 5.26 Å². The van der Waals surface area contributed by atoms with Crippen LogP contribution < -0.4 is 4.90 Å². The van der Waals surface area contributed by atoms with Gasteiger partial charge in [-0.05, 0) is 30.7 Å². The molecule has 21 heavy (non-hydrogen) atoms. The molecule has 2 aromatic rings. The Bertz CT molecular complexity index is 709. The molecule has 0 aliphatic rings. The molecule has 111 valence electrons.